The van der Waals surface area contributed by atoms with Crippen molar-refractivity contribution in [2.75, 3.05) is 26.8 Å². The largest absolute Gasteiger partial charge is 0.480 e. The lowest BCUT2D eigenvalue weighted by atomic mass is 10.5. The highest BCUT2D eigenvalue weighted by atomic mass is 32.2. The van der Waals surface area contributed by atoms with Gasteiger partial charge in [-0.2, -0.15) is 4.31 Å². The number of hydrogen-bond acceptors (Lipinski definition) is 7. The van der Waals surface area contributed by atoms with E-state index >= 15 is 0 Å². The van der Waals surface area contributed by atoms with E-state index in [2.05, 4.69) is 4.98 Å². The monoisotopic (exact) mass is 319 g/mol. The summed E-state index contributed by atoms with van der Waals surface area (Å²) >= 11 is 0. The molecule has 0 aliphatic carbocycles. The molecule has 0 spiro atoms. The SMILES string of the molecule is COCCN(CC(=O)O)S(=O)(=O)c1ccc([N+](=O)[O-])nc1. The third kappa shape index (κ3) is 4.44. The Hall–Kier alpha value is -2.11. The Morgan fingerprint density at radius 1 is 1.52 bits per heavy atom. The predicted molar refractivity (Wildman–Crippen MR) is 69.2 cm³/mol. The summed E-state index contributed by atoms with van der Waals surface area (Å²) in [5.74, 6) is -1.83. The number of nitrogens with zero attached hydrogens (tertiary/aromatic N) is 3. The molecule has 0 saturated heterocycles. The Labute approximate surface area is 120 Å². The Balaban J connectivity index is 3.08. The average Bonchev–Trinajstić information content (AvgIpc) is 2.43. The Morgan fingerprint density at radius 3 is 2.62 bits per heavy atom. The molecule has 0 amide bonds. The molecule has 116 valence electrons. The van der Waals surface area contributed by atoms with E-state index in [4.69, 9.17) is 9.84 Å². The predicted octanol–water partition coefficient (Wildman–Crippen LogP) is -0.288. The fourth-order valence-electron chi connectivity index (χ4n) is 1.41. The summed E-state index contributed by atoms with van der Waals surface area (Å²) in [5, 5.41) is 19.2. The molecule has 21 heavy (non-hydrogen) atoms. The molecule has 10 nitrogen and oxygen atoms in total. The van der Waals surface area contributed by atoms with Gasteiger partial charge in [0.15, 0.2) is 6.20 Å². The van der Waals surface area contributed by atoms with Gasteiger partial charge in [-0.3, -0.25) is 4.79 Å². The van der Waals surface area contributed by atoms with Crippen LogP contribution in [0, 0.1) is 10.1 Å². The molecule has 1 aromatic heterocycles. The molecule has 0 aromatic carbocycles. The zero-order chi connectivity index (χ0) is 16.0. The minimum absolute atomic E-state index is 0.00687. The number of hydrogen-bond donors (Lipinski definition) is 1. The van der Waals surface area contributed by atoms with E-state index in [1.165, 1.54) is 7.11 Å². The van der Waals surface area contributed by atoms with Gasteiger partial charge in [0.25, 0.3) is 0 Å². The Morgan fingerprint density at radius 2 is 2.19 bits per heavy atom. The third-order valence-corrected chi connectivity index (χ3v) is 4.23. The maximum atomic E-state index is 12.3. The van der Waals surface area contributed by atoms with Crippen LogP contribution in [0.2, 0.25) is 0 Å². The summed E-state index contributed by atoms with van der Waals surface area (Å²) in [7, 11) is -2.78. The van der Waals surface area contributed by atoms with E-state index in [0.29, 0.717) is 4.31 Å². The first-order valence-electron chi connectivity index (χ1n) is 5.60. The first kappa shape index (κ1) is 16.9. The summed E-state index contributed by atoms with van der Waals surface area (Å²) in [4.78, 5) is 23.5. The first-order valence-corrected chi connectivity index (χ1v) is 7.04. The van der Waals surface area contributed by atoms with E-state index in [9.17, 15) is 23.3 Å². The van der Waals surface area contributed by atoms with Crippen molar-refractivity contribution in [2.45, 2.75) is 4.90 Å². The number of carboxylic acid groups (broad SMARTS) is 1. The van der Waals surface area contributed by atoms with Crippen LogP contribution in [0.4, 0.5) is 5.82 Å². The maximum absolute atomic E-state index is 12.3. The minimum atomic E-state index is -4.12. The molecule has 0 aliphatic rings. The molecular formula is C10H13N3O7S. The summed E-state index contributed by atoms with van der Waals surface area (Å²) in [5.41, 5.74) is 0. The number of aliphatic carboxylic acids is 1. The Kier molecular flexibility index (Phi) is 5.69. The number of nitro groups is 1. The first-order chi connectivity index (χ1) is 9.78. The van der Waals surface area contributed by atoms with Crippen molar-refractivity contribution in [1.29, 1.82) is 0 Å². The number of rotatable bonds is 8. The number of pyridine rings is 1. The van der Waals surface area contributed by atoms with E-state index in [0.717, 1.165) is 18.3 Å². The van der Waals surface area contributed by atoms with Crippen molar-refractivity contribution in [3.05, 3.63) is 28.4 Å². The molecule has 0 atom stereocenters. The second-order valence-corrected chi connectivity index (χ2v) is 5.77. The molecule has 0 fully saturated rings. The lowest BCUT2D eigenvalue weighted by Crippen LogP contribution is -2.38. The van der Waals surface area contributed by atoms with Crippen LogP contribution in [0.3, 0.4) is 0 Å². The van der Waals surface area contributed by atoms with Gasteiger partial charge in [-0.25, -0.2) is 8.42 Å². The van der Waals surface area contributed by atoms with Crippen molar-refractivity contribution in [1.82, 2.24) is 9.29 Å². The van der Waals surface area contributed by atoms with Crippen LogP contribution in [0.15, 0.2) is 23.2 Å². The Bertz CT molecular complexity index is 614. The van der Waals surface area contributed by atoms with Crippen LogP contribution in [0.1, 0.15) is 0 Å². The van der Waals surface area contributed by atoms with Gasteiger partial charge in [0.05, 0.1) is 6.61 Å². The second-order valence-electron chi connectivity index (χ2n) is 3.83. The van der Waals surface area contributed by atoms with E-state index < -0.39 is 33.3 Å². The average molecular weight is 319 g/mol. The quantitative estimate of drug-likeness (QED) is 0.509. The molecule has 1 aromatic rings. The van der Waals surface area contributed by atoms with Crippen molar-refractivity contribution in [3.63, 3.8) is 0 Å². The molecule has 1 heterocycles. The van der Waals surface area contributed by atoms with Crippen molar-refractivity contribution in [3.8, 4) is 0 Å². The van der Waals surface area contributed by atoms with Crippen LogP contribution in [-0.4, -0.2) is 60.5 Å². The normalized spacial score (nSPS) is 11.5. The minimum Gasteiger partial charge on any atom is -0.480 e. The molecule has 1 N–H and O–H groups in total. The standard InChI is InChI=1S/C10H13N3O7S/c1-20-5-4-12(7-10(14)15)21(18,19)8-2-3-9(11-6-8)13(16)17/h2-3,6H,4-5,7H2,1H3,(H,14,15). The van der Waals surface area contributed by atoms with Gasteiger partial charge in [0.2, 0.25) is 10.0 Å². The smallest absolute Gasteiger partial charge is 0.363 e. The fourth-order valence-corrected chi connectivity index (χ4v) is 2.73. The topological polar surface area (TPSA) is 140 Å². The van der Waals surface area contributed by atoms with Gasteiger partial charge in [-0.05, 0) is 16.0 Å². The zero-order valence-electron chi connectivity index (χ0n) is 11.0. The number of ether oxygens (including phenoxy) is 1. The van der Waals surface area contributed by atoms with Crippen LogP contribution in [0.25, 0.3) is 0 Å². The van der Waals surface area contributed by atoms with E-state index in [-0.39, 0.29) is 18.0 Å². The second kappa shape index (κ2) is 7.06. The molecule has 1 rings (SSSR count). The van der Waals surface area contributed by atoms with Gasteiger partial charge in [-0.1, -0.05) is 0 Å². The highest BCUT2D eigenvalue weighted by Crippen LogP contribution is 2.17. The van der Waals surface area contributed by atoms with E-state index in [1.54, 1.807) is 0 Å². The third-order valence-electron chi connectivity index (χ3n) is 2.40. The van der Waals surface area contributed by atoms with Crippen molar-refractivity contribution < 1.29 is 28.0 Å². The summed E-state index contributed by atoms with van der Waals surface area (Å²) in [6, 6.07) is 1.93. The summed E-state index contributed by atoms with van der Waals surface area (Å²) in [6.45, 7) is -0.905. The number of methoxy groups -OCH3 is 1. The van der Waals surface area contributed by atoms with Crippen LogP contribution in [0.5, 0.6) is 0 Å². The molecular weight excluding hydrogens is 306 g/mol. The lowest BCUT2D eigenvalue weighted by molar-refractivity contribution is -0.389. The van der Waals surface area contributed by atoms with E-state index in [1.807, 2.05) is 0 Å². The number of carboxylic acids is 1. The fraction of sp³-hybridized carbons (Fsp3) is 0.400. The van der Waals surface area contributed by atoms with Crippen LogP contribution < -0.4 is 0 Å². The van der Waals surface area contributed by atoms with Crippen molar-refractivity contribution in [2.24, 2.45) is 0 Å². The molecule has 0 saturated carbocycles. The summed E-state index contributed by atoms with van der Waals surface area (Å²) < 4.78 is 29.9. The van der Waals surface area contributed by atoms with Gasteiger partial charge in [0.1, 0.15) is 11.4 Å². The van der Waals surface area contributed by atoms with Gasteiger partial charge >= 0.3 is 11.8 Å². The van der Waals surface area contributed by atoms with Crippen molar-refractivity contribution >= 4 is 21.8 Å². The highest BCUT2D eigenvalue weighted by Gasteiger charge is 2.28. The van der Waals surface area contributed by atoms with Gasteiger partial charge in [0, 0.05) is 19.7 Å². The molecule has 0 radical (unpaired) electrons. The van der Waals surface area contributed by atoms with Crippen LogP contribution in [-0.2, 0) is 19.6 Å². The van der Waals surface area contributed by atoms with Crippen LogP contribution >= 0.6 is 0 Å². The maximum Gasteiger partial charge on any atom is 0.363 e. The number of aromatic nitrogens is 1. The number of carbonyl (C=O) groups is 1. The number of sulfonamides is 1. The van der Waals surface area contributed by atoms with Gasteiger partial charge < -0.3 is 20.0 Å². The lowest BCUT2D eigenvalue weighted by Gasteiger charge is -2.19. The van der Waals surface area contributed by atoms with Gasteiger partial charge in [-0.15, -0.1) is 0 Å². The molecule has 11 heteroatoms. The highest BCUT2D eigenvalue weighted by molar-refractivity contribution is 7.89. The summed E-state index contributed by atoms with van der Waals surface area (Å²) in [6.07, 6.45) is 0.815. The molecule has 0 bridgehead atoms. The zero-order valence-corrected chi connectivity index (χ0v) is 11.8. The molecule has 0 unspecified atom stereocenters. The molecule has 0 aliphatic heterocycles.